The van der Waals surface area contributed by atoms with E-state index < -0.39 is 5.97 Å². The van der Waals surface area contributed by atoms with Crippen LogP contribution in [0.25, 0.3) is 10.8 Å². The normalized spacial score (nSPS) is 14.8. The van der Waals surface area contributed by atoms with Crippen LogP contribution >= 0.6 is 0 Å². The summed E-state index contributed by atoms with van der Waals surface area (Å²) < 4.78 is 0. The molecule has 1 amide bonds. The molecule has 1 N–H and O–H groups in total. The Bertz CT molecular complexity index is 736. The maximum absolute atomic E-state index is 12.1. The summed E-state index contributed by atoms with van der Waals surface area (Å²) in [4.78, 5) is 26.8. The number of rotatable bonds is 5. The molecule has 0 unspecified atom stereocenters. The number of hydrogen-bond donors (Lipinski definition) is 1. The van der Waals surface area contributed by atoms with E-state index in [0.717, 1.165) is 13.1 Å². The van der Waals surface area contributed by atoms with E-state index in [4.69, 9.17) is 5.11 Å². The van der Waals surface area contributed by atoms with Crippen molar-refractivity contribution >= 4 is 28.3 Å². The topological polar surface area (TPSA) is 60.9 Å². The Morgan fingerprint density at radius 1 is 0.917 bits per heavy atom. The summed E-state index contributed by atoms with van der Waals surface area (Å²) in [7, 11) is 0. The second-order valence-corrected chi connectivity index (χ2v) is 6.15. The first-order valence-electron chi connectivity index (χ1n) is 8.37. The highest BCUT2D eigenvalue weighted by atomic mass is 16.4. The molecule has 1 heterocycles. The predicted molar refractivity (Wildman–Crippen MR) is 94.2 cm³/mol. The molecule has 5 nitrogen and oxygen atoms in total. The van der Waals surface area contributed by atoms with Crippen LogP contribution in [0.3, 0.4) is 0 Å². The van der Waals surface area contributed by atoms with Crippen molar-refractivity contribution < 1.29 is 14.7 Å². The van der Waals surface area contributed by atoms with Crippen molar-refractivity contribution in [2.75, 3.05) is 31.1 Å². The monoisotopic (exact) mass is 326 g/mol. The molecule has 1 fully saturated rings. The van der Waals surface area contributed by atoms with Gasteiger partial charge < -0.3 is 14.9 Å². The van der Waals surface area contributed by atoms with Gasteiger partial charge in [0.05, 0.1) is 0 Å². The molecule has 0 aromatic heterocycles. The zero-order valence-corrected chi connectivity index (χ0v) is 13.6. The van der Waals surface area contributed by atoms with Gasteiger partial charge in [0.1, 0.15) is 0 Å². The van der Waals surface area contributed by atoms with Gasteiger partial charge in [-0.1, -0.05) is 30.3 Å². The van der Waals surface area contributed by atoms with Crippen molar-refractivity contribution in [1.82, 2.24) is 4.90 Å². The molecule has 1 aliphatic heterocycles. The highest BCUT2D eigenvalue weighted by Gasteiger charge is 2.21. The van der Waals surface area contributed by atoms with Crippen LogP contribution in [0.4, 0.5) is 5.69 Å². The standard InChI is InChI=1S/C19H22N2O3/c22-18(6-3-7-19(23)24)21-12-10-20(11-13-21)17-9-8-15-4-1-2-5-16(15)14-17/h1-2,4-5,8-9,14H,3,6-7,10-13H2,(H,23,24). The number of carbonyl (C=O) groups is 2. The molecule has 0 radical (unpaired) electrons. The molecule has 3 rings (SSSR count). The number of piperazine rings is 1. The van der Waals surface area contributed by atoms with E-state index in [-0.39, 0.29) is 12.3 Å². The van der Waals surface area contributed by atoms with Crippen molar-refractivity contribution in [3.63, 3.8) is 0 Å². The maximum Gasteiger partial charge on any atom is 0.303 e. The lowest BCUT2D eigenvalue weighted by atomic mass is 10.1. The Balaban J connectivity index is 1.56. The lowest BCUT2D eigenvalue weighted by molar-refractivity contribution is -0.137. The molecule has 1 aliphatic rings. The molecular formula is C19H22N2O3. The zero-order valence-electron chi connectivity index (χ0n) is 13.6. The van der Waals surface area contributed by atoms with Crippen molar-refractivity contribution in [2.24, 2.45) is 0 Å². The summed E-state index contributed by atoms with van der Waals surface area (Å²) in [6, 6.07) is 14.8. The van der Waals surface area contributed by atoms with Crippen molar-refractivity contribution in [2.45, 2.75) is 19.3 Å². The van der Waals surface area contributed by atoms with Crippen LogP contribution in [0.1, 0.15) is 19.3 Å². The third kappa shape index (κ3) is 3.85. The first-order valence-corrected chi connectivity index (χ1v) is 8.37. The van der Waals surface area contributed by atoms with Crippen molar-refractivity contribution in [3.8, 4) is 0 Å². The summed E-state index contributed by atoms with van der Waals surface area (Å²) in [6.45, 7) is 3.00. The Hall–Kier alpha value is -2.56. The molecule has 0 aliphatic carbocycles. The Kier molecular flexibility index (Phi) is 4.99. The number of fused-ring (bicyclic) bond motifs is 1. The second kappa shape index (κ2) is 7.34. The van der Waals surface area contributed by atoms with Gasteiger partial charge >= 0.3 is 5.97 Å². The van der Waals surface area contributed by atoms with Crippen LogP contribution in [-0.2, 0) is 9.59 Å². The largest absolute Gasteiger partial charge is 0.481 e. The average molecular weight is 326 g/mol. The Morgan fingerprint density at radius 3 is 2.33 bits per heavy atom. The molecule has 1 saturated heterocycles. The lowest BCUT2D eigenvalue weighted by Gasteiger charge is -2.36. The van der Waals surface area contributed by atoms with Crippen molar-refractivity contribution in [3.05, 3.63) is 42.5 Å². The van der Waals surface area contributed by atoms with Crippen LogP contribution in [0, 0.1) is 0 Å². The van der Waals surface area contributed by atoms with E-state index in [1.54, 1.807) is 0 Å². The Labute approximate surface area is 141 Å². The van der Waals surface area contributed by atoms with E-state index in [9.17, 15) is 9.59 Å². The van der Waals surface area contributed by atoms with E-state index in [1.165, 1.54) is 16.5 Å². The molecule has 126 valence electrons. The number of amides is 1. The van der Waals surface area contributed by atoms with Gasteiger partial charge in [-0.15, -0.1) is 0 Å². The van der Waals surface area contributed by atoms with Gasteiger partial charge in [-0.2, -0.15) is 0 Å². The fourth-order valence-electron chi connectivity index (χ4n) is 3.14. The van der Waals surface area contributed by atoms with Gasteiger partial charge in [0.25, 0.3) is 0 Å². The van der Waals surface area contributed by atoms with Crippen LogP contribution < -0.4 is 4.90 Å². The molecule has 5 heteroatoms. The third-order valence-electron chi connectivity index (χ3n) is 4.51. The van der Waals surface area contributed by atoms with Crippen LogP contribution in [0.2, 0.25) is 0 Å². The van der Waals surface area contributed by atoms with E-state index in [1.807, 2.05) is 17.0 Å². The zero-order chi connectivity index (χ0) is 16.9. The quantitative estimate of drug-likeness (QED) is 0.918. The molecule has 24 heavy (non-hydrogen) atoms. The van der Waals surface area contributed by atoms with Gasteiger partial charge in [-0.25, -0.2) is 0 Å². The number of carboxylic acids is 1. The molecule has 0 bridgehead atoms. The van der Waals surface area contributed by atoms with E-state index in [0.29, 0.717) is 25.9 Å². The summed E-state index contributed by atoms with van der Waals surface area (Å²) >= 11 is 0. The Morgan fingerprint density at radius 2 is 1.62 bits per heavy atom. The number of hydrogen-bond acceptors (Lipinski definition) is 3. The predicted octanol–water partition coefficient (Wildman–Crippen LogP) is 2.74. The highest BCUT2D eigenvalue weighted by molar-refractivity contribution is 5.86. The fourth-order valence-corrected chi connectivity index (χ4v) is 3.14. The minimum absolute atomic E-state index is 0.0583. The molecule has 2 aromatic carbocycles. The molecule has 2 aromatic rings. The number of carbonyl (C=O) groups excluding carboxylic acids is 1. The molecular weight excluding hydrogens is 304 g/mol. The van der Waals surface area contributed by atoms with E-state index in [2.05, 4.69) is 35.2 Å². The van der Waals surface area contributed by atoms with Crippen LogP contribution in [0.15, 0.2) is 42.5 Å². The number of benzene rings is 2. The van der Waals surface area contributed by atoms with Crippen LogP contribution in [-0.4, -0.2) is 48.1 Å². The number of carboxylic acid groups (broad SMARTS) is 1. The molecule has 0 spiro atoms. The summed E-state index contributed by atoms with van der Waals surface area (Å²) in [5.41, 5.74) is 1.19. The van der Waals surface area contributed by atoms with Gasteiger partial charge in [0.15, 0.2) is 0 Å². The minimum atomic E-state index is -0.844. The SMILES string of the molecule is O=C(O)CCCC(=O)N1CCN(c2ccc3ccccc3c2)CC1. The molecule has 0 saturated carbocycles. The highest BCUT2D eigenvalue weighted by Crippen LogP contribution is 2.23. The van der Waals surface area contributed by atoms with Gasteiger partial charge in [-0.05, 0) is 29.3 Å². The average Bonchev–Trinajstić information content (AvgIpc) is 2.61. The van der Waals surface area contributed by atoms with Gasteiger partial charge in [-0.3, -0.25) is 9.59 Å². The first kappa shape index (κ1) is 16.3. The first-order chi connectivity index (χ1) is 11.6. The summed E-state index contributed by atoms with van der Waals surface area (Å²) in [5, 5.41) is 11.1. The summed E-state index contributed by atoms with van der Waals surface area (Å²) in [5.74, 6) is -0.779. The van der Waals surface area contributed by atoms with E-state index >= 15 is 0 Å². The lowest BCUT2D eigenvalue weighted by Crippen LogP contribution is -2.48. The minimum Gasteiger partial charge on any atom is -0.481 e. The van der Waals surface area contributed by atoms with Crippen LogP contribution in [0.5, 0.6) is 0 Å². The number of anilines is 1. The smallest absolute Gasteiger partial charge is 0.303 e. The molecule has 0 atom stereocenters. The van der Waals surface area contributed by atoms with Crippen molar-refractivity contribution in [1.29, 1.82) is 0 Å². The number of aliphatic carboxylic acids is 1. The fraction of sp³-hybridized carbons (Fsp3) is 0.368. The van der Waals surface area contributed by atoms with Gasteiger partial charge in [0.2, 0.25) is 5.91 Å². The third-order valence-corrected chi connectivity index (χ3v) is 4.51. The number of nitrogens with zero attached hydrogens (tertiary/aromatic N) is 2. The second-order valence-electron chi connectivity index (χ2n) is 6.15. The summed E-state index contributed by atoms with van der Waals surface area (Å²) in [6.07, 6.45) is 0.796. The maximum atomic E-state index is 12.1. The van der Waals surface area contributed by atoms with Gasteiger partial charge in [0, 0.05) is 44.7 Å².